The summed E-state index contributed by atoms with van der Waals surface area (Å²) in [5, 5.41) is 5.32. The van der Waals surface area contributed by atoms with Gasteiger partial charge in [-0.3, -0.25) is 4.79 Å². The highest BCUT2D eigenvalue weighted by atomic mass is 32.1. The number of rotatable bonds is 3. The molecule has 2 bridgehead atoms. The zero-order valence-corrected chi connectivity index (χ0v) is 13.3. The van der Waals surface area contributed by atoms with E-state index in [4.69, 9.17) is 0 Å². The molecular formula is C18H20N2OS. The smallest absolute Gasteiger partial charge is 0.251 e. The molecule has 3 aliphatic rings. The number of hydrogen-bond acceptors (Lipinski definition) is 3. The highest BCUT2D eigenvalue weighted by Gasteiger charge is 2.34. The molecule has 0 spiro atoms. The van der Waals surface area contributed by atoms with Crippen LogP contribution in [0, 0.1) is 5.92 Å². The monoisotopic (exact) mass is 312 g/mol. The number of piperidine rings is 3. The SMILES string of the molecule is O=C(N[C@@H]1CN2CCC1CC2)c1ccc(-c2cccs2)cc1. The molecule has 0 saturated carbocycles. The van der Waals surface area contributed by atoms with Crippen LogP contribution in [-0.4, -0.2) is 36.5 Å². The van der Waals surface area contributed by atoms with Crippen molar-refractivity contribution in [1.29, 1.82) is 0 Å². The Labute approximate surface area is 135 Å². The summed E-state index contributed by atoms with van der Waals surface area (Å²) in [7, 11) is 0. The average molecular weight is 312 g/mol. The van der Waals surface area contributed by atoms with E-state index in [2.05, 4.69) is 21.7 Å². The lowest BCUT2D eigenvalue weighted by molar-refractivity contribution is 0.0620. The van der Waals surface area contributed by atoms with Crippen LogP contribution in [0.1, 0.15) is 23.2 Å². The number of nitrogens with zero attached hydrogens (tertiary/aromatic N) is 1. The van der Waals surface area contributed by atoms with Gasteiger partial charge < -0.3 is 10.2 Å². The number of amides is 1. The second kappa shape index (κ2) is 5.86. The molecule has 3 aliphatic heterocycles. The van der Waals surface area contributed by atoms with Gasteiger partial charge in [0, 0.05) is 23.0 Å². The number of fused-ring (bicyclic) bond motifs is 3. The van der Waals surface area contributed by atoms with Crippen molar-refractivity contribution >= 4 is 17.2 Å². The number of benzene rings is 1. The minimum atomic E-state index is 0.0662. The van der Waals surface area contributed by atoms with Crippen LogP contribution in [0.25, 0.3) is 10.4 Å². The zero-order chi connectivity index (χ0) is 14.9. The summed E-state index contributed by atoms with van der Waals surface area (Å²) >= 11 is 1.72. The second-order valence-electron chi connectivity index (χ2n) is 6.27. The summed E-state index contributed by atoms with van der Waals surface area (Å²) in [6, 6.07) is 12.4. The molecule has 114 valence electrons. The van der Waals surface area contributed by atoms with Crippen LogP contribution in [0.2, 0.25) is 0 Å². The van der Waals surface area contributed by atoms with E-state index >= 15 is 0 Å². The Hall–Kier alpha value is -1.65. The van der Waals surface area contributed by atoms with Crippen molar-refractivity contribution in [2.75, 3.05) is 19.6 Å². The molecule has 22 heavy (non-hydrogen) atoms. The van der Waals surface area contributed by atoms with Crippen molar-refractivity contribution in [2.45, 2.75) is 18.9 Å². The van der Waals surface area contributed by atoms with Crippen molar-refractivity contribution < 1.29 is 4.79 Å². The summed E-state index contributed by atoms with van der Waals surface area (Å²) in [6.45, 7) is 3.42. The van der Waals surface area contributed by atoms with Crippen LogP contribution in [0.5, 0.6) is 0 Å². The lowest BCUT2D eigenvalue weighted by Crippen LogP contribution is -2.57. The quantitative estimate of drug-likeness (QED) is 0.943. The summed E-state index contributed by atoms with van der Waals surface area (Å²) in [4.78, 5) is 16.2. The largest absolute Gasteiger partial charge is 0.348 e. The molecule has 1 N–H and O–H groups in total. The van der Waals surface area contributed by atoms with Crippen molar-refractivity contribution in [2.24, 2.45) is 5.92 Å². The maximum Gasteiger partial charge on any atom is 0.251 e. The highest BCUT2D eigenvalue weighted by molar-refractivity contribution is 7.13. The van der Waals surface area contributed by atoms with Gasteiger partial charge in [0.2, 0.25) is 0 Å². The minimum Gasteiger partial charge on any atom is -0.348 e. The fourth-order valence-corrected chi connectivity index (χ4v) is 4.34. The fraction of sp³-hybridized carbons (Fsp3) is 0.389. The number of carbonyl (C=O) groups excluding carboxylic acids is 1. The summed E-state index contributed by atoms with van der Waals surface area (Å²) in [5.41, 5.74) is 1.94. The van der Waals surface area contributed by atoms with E-state index in [1.807, 2.05) is 30.3 Å². The third kappa shape index (κ3) is 2.69. The molecule has 2 aromatic rings. The van der Waals surface area contributed by atoms with Crippen molar-refractivity contribution in [3.05, 3.63) is 47.3 Å². The Balaban J connectivity index is 1.44. The Kier molecular flexibility index (Phi) is 3.72. The van der Waals surface area contributed by atoms with Gasteiger partial charge in [-0.2, -0.15) is 0 Å². The predicted octanol–water partition coefficient (Wildman–Crippen LogP) is 3.24. The molecule has 3 saturated heterocycles. The first-order chi connectivity index (χ1) is 10.8. The van der Waals surface area contributed by atoms with E-state index in [0.717, 1.165) is 12.1 Å². The molecule has 0 unspecified atom stereocenters. The van der Waals surface area contributed by atoms with E-state index in [9.17, 15) is 4.79 Å². The molecule has 5 rings (SSSR count). The van der Waals surface area contributed by atoms with Gasteiger partial charge in [0.25, 0.3) is 5.91 Å². The lowest BCUT2D eigenvalue weighted by Gasteiger charge is -2.44. The molecule has 1 atom stereocenters. The average Bonchev–Trinajstić information content (AvgIpc) is 3.10. The molecule has 3 nitrogen and oxygen atoms in total. The molecule has 0 aliphatic carbocycles. The van der Waals surface area contributed by atoms with E-state index in [0.29, 0.717) is 12.0 Å². The Morgan fingerprint density at radius 2 is 1.91 bits per heavy atom. The maximum atomic E-state index is 12.5. The second-order valence-corrected chi connectivity index (χ2v) is 7.22. The van der Waals surface area contributed by atoms with Gasteiger partial charge in [-0.25, -0.2) is 0 Å². The van der Waals surface area contributed by atoms with Crippen LogP contribution in [0.4, 0.5) is 0 Å². The molecule has 3 fully saturated rings. The van der Waals surface area contributed by atoms with Crippen LogP contribution < -0.4 is 5.32 Å². The van der Waals surface area contributed by atoms with Gasteiger partial charge in [-0.05, 0) is 61.0 Å². The van der Waals surface area contributed by atoms with Gasteiger partial charge in [-0.1, -0.05) is 18.2 Å². The van der Waals surface area contributed by atoms with Gasteiger partial charge >= 0.3 is 0 Å². The third-order valence-corrected chi connectivity index (χ3v) is 5.84. The molecule has 1 aromatic carbocycles. The Morgan fingerprint density at radius 1 is 1.14 bits per heavy atom. The lowest BCUT2D eigenvalue weighted by atomic mass is 9.84. The summed E-state index contributed by atoms with van der Waals surface area (Å²) < 4.78 is 0. The fourth-order valence-electron chi connectivity index (χ4n) is 3.61. The normalized spacial score (nSPS) is 26.8. The van der Waals surface area contributed by atoms with Crippen LogP contribution in [-0.2, 0) is 0 Å². The molecule has 4 heteroatoms. The van der Waals surface area contributed by atoms with Gasteiger partial charge in [0.05, 0.1) is 0 Å². The van der Waals surface area contributed by atoms with E-state index < -0.39 is 0 Å². The molecule has 1 amide bonds. The maximum absolute atomic E-state index is 12.5. The number of nitrogens with one attached hydrogen (secondary N) is 1. The molecular weight excluding hydrogens is 292 g/mol. The molecule has 0 radical (unpaired) electrons. The van der Waals surface area contributed by atoms with Crippen LogP contribution in [0.15, 0.2) is 41.8 Å². The standard InChI is InChI=1S/C18H20N2OS/c21-18(19-16-12-20-9-7-13(16)8-10-20)15-5-3-14(4-6-15)17-2-1-11-22-17/h1-6,11,13,16H,7-10,12H2,(H,19,21)/t16-/m1/s1. The number of carbonyl (C=O) groups is 1. The zero-order valence-electron chi connectivity index (χ0n) is 12.5. The first kappa shape index (κ1) is 14.0. The van der Waals surface area contributed by atoms with Crippen molar-refractivity contribution in [3.8, 4) is 10.4 Å². The topological polar surface area (TPSA) is 32.3 Å². The van der Waals surface area contributed by atoms with Crippen molar-refractivity contribution in [3.63, 3.8) is 0 Å². The summed E-state index contributed by atoms with van der Waals surface area (Å²) in [6.07, 6.45) is 2.45. The predicted molar refractivity (Wildman–Crippen MR) is 90.2 cm³/mol. The van der Waals surface area contributed by atoms with E-state index in [-0.39, 0.29) is 5.91 Å². The first-order valence-corrected chi connectivity index (χ1v) is 8.85. The van der Waals surface area contributed by atoms with Crippen molar-refractivity contribution in [1.82, 2.24) is 10.2 Å². The molecule has 1 aromatic heterocycles. The van der Waals surface area contributed by atoms with Gasteiger partial charge in [0.15, 0.2) is 0 Å². The Bertz CT molecular complexity index is 642. The Morgan fingerprint density at radius 3 is 2.50 bits per heavy atom. The molecule has 4 heterocycles. The van der Waals surface area contributed by atoms with Gasteiger partial charge in [0.1, 0.15) is 0 Å². The third-order valence-electron chi connectivity index (χ3n) is 4.93. The van der Waals surface area contributed by atoms with E-state index in [1.165, 1.54) is 36.4 Å². The van der Waals surface area contributed by atoms with Crippen LogP contribution >= 0.6 is 11.3 Å². The van der Waals surface area contributed by atoms with Gasteiger partial charge in [-0.15, -0.1) is 11.3 Å². The summed E-state index contributed by atoms with van der Waals surface area (Å²) in [5.74, 6) is 0.732. The number of hydrogen-bond donors (Lipinski definition) is 1. The minimum absolute atomic E-state index is 0.0662. The highest BCUT2D eigenvalue weighted by Crippen LogP contribution is 2.28. The first-order valence-electron chi connectivity index (χ1n) is 7.97. The number of thiophene rings is 1. The van der Waals surface area contributed by atoms with Crippen LogP contribution in [0.3, 0.4) is 0 Å². The van der Waals surface area contributed by atoms with E-state index in [1.54, 1.807) is 11.3 Å².